The van der Waals surface area contributed by atoms with E-state index in [2.05, 4.69) is 4.72 Å². The molecule has 154 valence electrons. The third-order valence-corrected chi connectivity index (χ3v) is 8.21. The van der Waals surface area contributed by atoms with Gasteiger partial charge >= 0.3 is 5.97 Å². The SMILES string of the molecule is O=C(O)[C@]1(NS(=O)(=O)c2ccc(-c3ccc([N+](=O)[O-])cc3)s2)C[C@@H]1c1ccccc1. The fraction of sp³-hybridized carbons (Fsp3) is 0.150. The second-order valence-electron chi connectivity index (χ2n) is 6.97. The van der Waals surface area contributed by atoms with E-state index in [9.17, 15) is 28.4 Å². The summed E-state index contributed by atoms with van der Waals surface area (Å²) < 4.78 is 28.2. The Kier molecular flexibility index (Phi) is 4.92. The summed E-state index contributed by atoms with van der Waals surface area (Å²) in [4.78, 5) is 22.8. The van der Waals surface area contributed by atoms with Crippen LogP contribution in [0.5, 0.6) is 0 Å². The van der Waals surface area contributed by atoms with Crippen LogP contribution in [-0.2, 0) is 14.8 Å². The molecule has 2 N–H and O–H groups in total. The van der Waals surface area contributed by atoms with Crippen LogP contribution in [0.15, 0.2) is 70.9 Å². The number of hydrogen-bond donors (Lipinski definition) is 2. The van der Waals surface area contributed by atoms with Gasteiger partial charge in [0.2, 0.25) is 0 Å². The molecule has 3 aromatic rings. The first-order valence-corrected chi connectivity index (χ1v) is 11.2. The van der Waals surface area contributed by atoms with Gasteiger partial charge in [0.1, 0.15) is 9.75 Å². The molecule has 1 aliphatic carbocycles. The number of nitrogens with zero attached hydrogens (tertiary/aromatic N) is 1. The predicted molar refractivity (Wildman–Crippen MR) is 111 cm³/mol. The van der Waals surface area contributed by atoms with E-state index in [1.165, 1.54) is 18.2 Å². The Morgan fingerprint density at radius 1 is 1.10 bits per heavy atom. The normalized spacial score (nSPS) is 20.6. The average Bonchev–Trinajstić information content (AvgIpc) is 3.21. The maximum Gasteiger partial charge on any atom is 0.325 e. The third kappa shape index (κ3) is 3.60. The largest absolute Gasteiger partial charge is 0.480 e. The smallest absolute Gasteiger partial charge is 0.325 e. The Labute approximate surface area is 176 Å². The Morgan fingerprint density at radius 2 is 1.77 bits per heavy atom. The number of benzene rings is 2. The first-order valence-electron chi connectivity index (χ1n) is 8.90. The Bertz CT molecular complexity index is 1220. The van der Waals surface area contributed by atoms with Gasteiger partial charge in [-0.3, -0.25) is 14.9 Å². The van der Waals surface area contributed by atoms with Crippen LogP contribution in [0.1, 0.15) is 17.9 Å². The highest BCUT2D eigenvalue weighted by atomic mass is 32.2. The van der Waals surface area contributed by atoms with Crippen LogP contribution in [0.4, 0.5) is 5.69 Å². The highest BCUT2D eigenvalue weighted by molar-refractivity contribution is 7.91. The fourth-order valence-electron chi connectivity index (χ4n) is 3.40. The van der Waals surface area contributed by atoms with Crippen molar-refractivity contribution in [3.05, 3.63) is 82.4 Å². The van der Waals surface area contributed by atoms with E-state index in [-0.39, 0.29) is 16.3 Å². The first-order chi connectivity index (χ1) is 14.2. The number of non-ortho nitro benzene ring substituents is 1. The molecule has 1 aromatic heterocycles. The number of hydrogen-bond acceptors (Lipinski definition) is 6. The van der Waals surface area contributed by atoms with E-state index >= 15 is 0 Å². The van der Waals surface area contributed by atoms with Crippen molar-refractivity contribution in [3.8, 4) is 10.4 Å². The minimum Gasteiger partial charge on any atom is -0.480 e. The first kappa shape index (κ1) is 20.2. The van der Waals surface area contributed by atoms with Gasteiger partial charge in [-0.2, -0.15) is 4.72 Å². The molecule has 1 heterocycles. The van der Waals surface area contributed by atoms with Crippen LogP contribution < -0.4 is 4.72 Å². The molecule has 2 aromatic carbocycles. The maximum absolute atomic E-state index is 12.9. The number of nitro benzene ring substituents is 1. The van der Waals surface area contributed by atoms with Crippen molar-refractivity contribution in [2.45, 2.75) is 22.1 Å². The van der Waals surface area contributed by atoms with Gasteiger partial charge in [-0.1, -0.05) is 30.3 Å². The molecule has 10 heteroatoms. The van der Waals surface area contributed by atoms with Crippen LogP contribution in [0, 0.1) is 10.1 Å². The van der Waals surface area contributed by atoms with E-state index in [4.69, 9.17) is 0 Å². The highest BCUT2D eigenvalue weighted by Crippen LogP contribution is 2.52. The maximum atomic E-state index is 12.9. The summed E-state index contributed by atoms with van der Waals surface area (Å²) in [6.07, 6.45) is 0.173. The van der Waals surface area contributed by atoms with E-state index in [1.807, 2.05) is 6.07 Å². The molecule has 0 aliphatic heterocycles. The lowest BCUT2D eigenvalue weighted by atomic mass is 10.1. The molecule has 0 unspecified atom stereocenters. The third-order valence-electron chi connectivity index (χ3n) is 5.07. The van der Waals surface area contributed by atoms with Gasteiger partial charge in [-0.05, 0) is 41.8 Å². The molecule has 0 spiro atoms. The van der Waals surface area contributed by atoms with Crippen LogP contribution in [-0.4, -0.2) is 30.0 Å². The van der Waals surface area contributed by atoms with Crippen molar-refractivity contribution in [1.82, 2.24) is 4.72 Å². The highest BCUT2D eigenvalue weighted by Gasteiger charge is 2.63. The zero-order chi connectivity index (χ0) is 21.5. The minimum atomic E-state index is -4.07. The molecule has 0 amide bonds. The zero-order valence-corrected chi connectivity index (χ0v) is 17.0. The van der Waals surface area contributed by atoms with Crippen LogP contribution in [0.2, 0.25) is 0 Å². The predicted octanol–water partition coefficient (Wildman–Crippen LogP) is 3.61. The summed E-state index contributed by atoms with van der Waals surface area (Å²) >= 11 is 0.971. The Balaban J connectivity index is 1.58. The van der Waals surface area contributed by atoms with Crippen LogP contribution in [0.25, 0.3) is 10.4 Å². The van der Waals surface area contributed by atoms with E-state index < -0.39 is 32.4 Å². The van der Waals surface area contributed by atoms with Crippen molar-refractivity contribution in [2.24, 2.45) is 0 Å². The van der Waals surface area contributed by atoms with Crippen molar-refractivity contribution in [2.75, 3.05) is 0 Å². The summed E-state index contributed by atoms with van der Waals surface area (Å²) in [7, 11) is -4.07. The molecule has 4 rings (SSSR count). The van der Waals surface area contributed by atoms with Crippen molar-refractivity contribution < 1.29 is 23.2 Å². The van der Waals surface area contributed by atoms with Crippen LogP contribution in [0.3, 0.4) is 0 Å². The van der Waals surface area contributed by atoms with Crippen molar-refractivity contribution >= 4 is 33.0 Å². The minimum absolute atomic E-state index is 0.0183. The lowest BCUT2D eigenvalue weighted by Gasteiger charge is -2.14. The second kappa shape index (κ2) is 7.31. The number of thiophene rings is 1. The molecule has 30 heavy (non-hydrogen) atoms. The Morgan fingerprint density at radius 3 is 2.37 bits per heavy atom. The van der Waals surface area contributed by atoms with Gasteiger partial charge in [-0.25, -0.2) is 8.42 Å². The molecule has 0 bridgehead atoms. The summed E-state index contributed by atoms with van der Waals surface area (Å²) in [5, 5.41) is 20.5. The summed E-state index contributed by atoms with van der Waals surface area (Å²) in [5.41, 5.74) is -0.236. The molecule has 0 radical (unpaired) electrons. The zero-order valence-electron chi connectivity index (χ0n) is 15.4. The quantitative estimate of drug-likeness (QED) is 0.423. The van der Waals surface area contributed by atoms with Gasteiger partial charge in [0.15, 0.2) is 0 Å². The van der Waals surface area contributed by atoms with Crippen molar-refractivity contribution in [3.63, 3.8) is 0 Å². The van der Waals surface area contributed by atoms with Gasteiger partial charge in [0.25, 0.3) is 15.7 Å². The lowest BCUT2D eigenvalue weighted by Crippen LogP contribution is -2.44. The number of aliphatic carboxylic acids is 1. The standard InChI is InChI=1S/C20H16N2O6S2/c23-19(24)20(12-16(20)13-4-2-1-3-5-13)21-30(27,28)18-11-10-17(29-18)14-6-8-15(9-7-14)22(25)26/h1-11,16,21H,12H2,(H,23,24)/t16-,20+/m1/s1. The summed E-state index contributed by atoms with van der Waals surface area (Å²) in [5.74, 6) is -1.66. The van der Waals surface area contributed by atoms with Crippen molar-refractivity contribution in [1.29, 1.82) is 0 Å². The number of sulfonamides is 1. The molecule has 1 fully saturated rings. The molecular weight excluding hydrogens is 428 g/mol. The molecule has 2 atom stereocenters. The number of nitro groups is 1. The summed E-state index contributed by atoms with van der Waals surface area (Å²) in [6, 6.07) is 17.7. The average molecular weight is 444 g/mol. The van der Waals surface area contributed by atoms with E-state index in [1.54, 1.807) is 42.5 Å². The Hall–Kier alpha value is -3.08. The van der Waals surface area contributed by atoms with Gasteiger partial charge < -0.3 is 5.11 Å². The fourth-order valence-corrected chi connectivity index (χ4v) is 6.12. The summed E-state index contributed by atoms with van der Waals surface area (Å²) in [6.45, 7) is 0. The van der Waals surface area contributed by atoms with E-state index in [0.717, 1.165) is 16.9 Å². The lowest BCUT2D eigenvalue weighted by molar-refractivity contribution is -0.384. The molecule has 8 nitrogen and oxygen atoms in total. The molecule has 1 aliphatic rings. The molecule has 1 saturated carbocycles. The molecule has 0 saturated heterocycles. The van der Waals surface area contributed by atoms with E-state index in [0.29, 0.717) is 10.4 Å². The number of carbonyl (C=O) groups is 1. The van der Waals surface area contributed by atoms with Crippen LogP contribution >= 0.6 is 11.3 Å². The number of nitrogens with one attached hydrogen (secondary N) is 1. The second-order valence-corrected chi connectivity index (χ2v) is 9.97. The topological polar surface area (TPSA) is 127 Å². The van der Waals surface area contributed by atoms with Gasteiger partial charge in [0.05, 0.1) is 4.92 Å². The van der Waals surface area contributed by atoms with Gasteiger partial charge in [0, 0.05) is 22.9 Å². The molecular formula is C20H16N2O6S2. The number of carboxylic acids is 1. The number of carboxylic acid groups (broad SMARTS) is 1. The monoisotopic (exact) mass is 444 g/mol. The number of rotatable bonds is 7. The van der Waals surface area contributed by atoms with Gasteiger partial charge in [-0.15, -0.1) is 11.3 Å².